The van der Waals surface area contributed by atoms with Crippen molar-refractivity contribution in [3.05, 3.63) is 34.9 Å². The van der Waals surface area contributed by atoms with Crippen LogP contribution >= 0.6 is 0 Å². The molecule has 0 aliphatic carbocycles. The van der Waals surface area contributed by atoms with E-state index in [1.165, 1.54) is 0 Å². The maximum Gasteiger partial charge on any atom is 0.459 e. The molecule has 4 unspecified atom stereocenters. The third-order valence-corrected chi connectivity index (χ3v) is 5.33. The van der Waals surface area contributed by atoms with E-state index in [0.29, 0.717) is 0 Å². The van der Waals surface area contributed by atoms with Crippen molar-refractivity contribution in [2.75, 3.05) is 26.4 Å². The van der Waals surface area contributed by atoms with Gasteiger partial charge in [0.25, 0.3) is 0 Å². The van der Waals surface area contributed by atoms with E-state index in [1.54, 1.807) is 0 Å². The van der Waals surface area contributed by atoms with E-state index in [9.17, 15) is 62.9 Å². The molecule has 4 atom stereocenters. The van der Waals surface area contributed by atoms with E-state index in [1.807, 2.05) is 0 Å². The molecule has 2 saturated heterocycles. The molecule has 0 saturated carbocycles. The molecule has 0 spiro atoms. The molecule has 2 N–H and O–H groups in total. The third-order valence-electron chi connectivity index (χ3n) is 5.33. The molecular weight excluding hydrogens is 524 g/mol. The van der Waals surface area contributed by atoms with E-state index >= 15 is 0 Å². The molecule has 35 heavy (non-hydrogen) atoms. The van der Waals surface area contributed by atoms with Gasteiger partial charge in [-0.1, -0.05) is 12.1 Å². The maximum absolute atomic E-state index is 14.8. The summed E-state index contributed by atoms with van der Waals surface area (Å²) in [5, 5.41) is 18.9. The highest BCUT2D eigenvalue weighted by molar-refractivity contribution is 5.44. The maximum atomic E-state index is 14.8. The number of halogens is 12. The molecule has 17 heteroatoms. The number of epoxide rings is 2. The molecule has 1 aromatic carbocycles. The lowest BCUT2D eigenvalue weighted by Gasteiger charge is -2.34. The van der Waals surface area contributed by atoms with Gasteiger partial charge in [0.2, 0.25) is 0 Å². The Kier molecular flexibility index (Phi) is 6.42. The molecule has 2 fully saturated rings. The number of hydrogen-bond acceptors (Lipinski definition) is 5. The predicted molar refractivity (Wildman–Crippen MR) is 86.6 cm³/mol. The van der Waals surface area contributed by atoms with Crippen LogP contribution in [0.2, 0.25) is 0 Å². The second-order valence-electron chi connectivity index (χ2n) is 7.90. The Labute approximate surface area is 187 Å². The number of ether oxygens (including phenoxy) is 3. The van der Waals surface area contributed by atoms with Gasteiger partial charge in [0, 0.05) is 11.1 Å². The molecule has 0 aromatic heterocycles. The molecule has 5 nitrogen and oxygen atoms in total. The molecule has 200 valence electrons. The van der Waals surface area contributed by atoms with E-state index in [4.69, 9.17) is 14.2 Å². The van der Waals surface area contributed by atoms with Gasteiger partial charge in [-0.2, -0.15) is 52.7 Å². The van der Waals surface area contributed by atoms with Crippen LogP contribution in [0.3, 0.4) is 0 Å². The quantitative estimate of drug-likeness (QED) is 0.368. The first kappa shape index (κ1) is 27.8. The van der Waals surface area contributed by atoms with Gasteiger partial charge in [0.1, 0.15) is 11.7 Å². The summed E-state index contributed by atoms with van der Waals surface area (Å²) in [5.41, 5.74) is -7.74. The highest BCUT2D eigenvalue weighted by Gasteiger charge is 2.75. The van der Waals surface area contributed by atoms with Crippen LogP contribution in [0.1, 0.15) is 16.7 Å². The number of alkyl halides is 12. The summed E-state index contributed by atoms with van der Waals surface area (Å²) in [6.45, 7) is -1.17. The molecule has 2 heterocycles. The molecule has 2 aliphatic heterocycles. The van der Waals surface area contributed by atoms with E-state index in [2.05, 4.69) is 0 Å². The molecule has 3 rings (SSSR count). The van der Waals surface area contributed by atoms with Crippen molar-refractivity contribution in [2.24, 2.45) is 0 Å². The summed E-state index contributed by atoms with van der Waals surface area (Å²) in [4.78, 5) is 0. The first-order valence-electron chi connectivity index (χ1n) is 9.32. The van der Waals surface area contributed by atoms with Crippen LogP contribution in [-0.2, 0) is 31.5 Å². The highest BCUT2D eigenvalue weighted by Crippen LogP contribution is 2.55. The smallest absolute Gasteiger partial charge is 0.375 e. The van der Waals surface area contributed by atoms with E-state index < -0.39 is 83.6 Å². The van der Waals surface area contributed by atoms with Crippen molar-refractivity contribution in [3.63, 3.8) is 0 Å². The van der Waals surface area contributed by atoms with Crippen molar-refractivity contribution in [1.29, 1.82) is 0 Å². The summed E-state index contributed by atoms with van der Waals surface area (Å²) in [6.07, 6.45) is -14.0. The van der Waals surface area contributed by atoms with Crippen molar-refractivity contribution in [1.82, 2.24) is 0 Å². The van der Waals surface area contributed by atoms with Crippen LogP contribution in [0.25, 0.3) is 0 Å². The Morgan fingerprint density at radius 1 is 0.857 bits per heavy atom. The van der Waals surface area contributed by atoms with Crippen LogP contribution in [-0.4, -0.2) is 66.9 Å². The Morgan fingerprint density at radius 3 is 1.77 bits per heavy atom. The Balaban J connectivity index is 2.15. The van der Waals surface area contributed by atoms with Crippen LogP contribution in [0, 0.1) is 0 Å². The molecule has 2 aliphatic rings. The van der Waals surface area contributed by atoms with Gasteiger partial charge in [-0.05, 0) is 11.6 Å². The summed E-state index contributed by atoms with van der Waals surface area (Å²) < 4.78 is 175. The normalized spacial score (nSPS) is 26.7. The van der Waals surface area contributed by atoms with Gasteiger partial charge in [0.15, 0.2) is 0 Å². The lowest BCUT2D eigenvalue weighted by atomic mass is 9.85. The number of hydrogen-bond donors (Lipinski definition) is 2. The van der Waals surface area contributed by atoms with Crippen molar-refractivity contribution in [2.45, 2.75) is 47.6 Å². The lowest BCUT2D eigenvalue weighted by Crippen LogP contribution is -2.54. The third kappa shape index (κ3) is 4.56. The molecule has 0 radical (unpaired) electrons. The van der Waals surface area contributed by atoms with Crippen LogP contribution in [0.15, 0.2) is 18.2 Å². The monoisotopic (exact) mass is 538 g/mol. The zero-order valence-electron chi connectivity index (χ0n) is 16.8. The largest absolute Gasteiger partial charge is 0.459 e. The Hall–Kier alpha value is -1.82. The zero-order valence-corrected chi connectivity index (χ0v) is 16.8. The molecular formula is C18H14F12O5. The summed E-state index contributed by atoms with van der Waals surface area (Å²) in [7, 11) is 0. The topological polar surface area (TPSA) is 74.8 Å². The first-order valence-corrected chi connectivity index (χ1v) is 9.32. The molecule has 0 amide bonds. The second kappa shape index (κ2) is 8.09. The minimum atomic E-state index is -6.82. The predicted octanol–water partition coefficient (Wildman–Crippen LogP) is 3.95. The Bertz CT molecular complexity index is 948. The number of benzene rings is 1. The van der Waals surface area contributed by atoms with Gasteiger partial charge in [-0.25, -0.2) is 0 Å². The van der Waals surface area contributed by atoms with Gasteiger partial charge >= 0.3 is 35.9 Å². The zero-order chi connectivity index (χ0) is 26.9. The number of aliphatic hydroxyl groups is 2. The van der Waals surface area contributed by atoms with Gasteiger partial charge < -0.3 is 24.4 Å². The molecule has 0 bridgehead atoms. The average Bonchev–Trinajstić information content (AvgIpc) is 3.62. The summed E-state index contributed by atoms with van der Waals surface area (Å²) in [6, 6.07) is -0.585. The van der Waals surface area contributed by atoms with E-state index in [0.717, 1.165) is 0 Å². The van der Waals surface area contributed by atoms with Crippen LogP contribution in [0.4, 0.5) is 52.7 Å². The second-order valence-corrected chi connectivity index (χ2v) is 7.90. The van der Waals surface area contributed by atoms with E-state index in [-0.39, 0.29) is 25.3 Å². The molecule has 1 aromatic rings. The van der Waals surface area contributed by atoms with Crippen molar-refractivity contribution >= 4 is 0 Å². The van der Waals surface area contributed by atoms with Crippen molar-refractivity contribution in [3.8, 4) is 0 Å². The van der Waals surface area contributed by atoms with Crippen LogP contribution < -0.4 is 0 Å². The van der Waals surface area contributed by atoms with Gasteiger partial charge in [0.05, 0.1) is 26.4 Å². The van der Waals surface area contributed by atoms with Gasteiger partial charge in [-0.15, -0.1) is 0 Å². The van der Waals surface area contributed by atoms with Crippen LogP contribution in [0.5, 0.6) is 0 Å². The Morgan fingerprint density at radius 2 is 1.34 bits per heavy atom. The SMILES string of the molecule is OC(F)(c1ccc(C2(COCC3CO3)CO2)c(C(O)(F)C(F)(F)C(F)(F)F)c1)C(F)(F)C(F)(F)F. The summed E-state index contributed by atoms with van der Waals surface area (Å²) in [5.74, 6) is -25.0. The van der Waals surface area contributed by atoms with Gasteiger partial charge in [-0.3, -0.25) is 0 Å². The number of rotatable bonds is 9. The van der Waals surface area contributed by atoms with Crippen molar-refractivity contribution < 1.29 is 77.1 Å². The minimum absolute atomic E-state index is 0.0479. The average molecular weight is 538 g/mol. The highest BCUT2D eigenvalue weighted by atomic mass is 19.4. The lowest BCUT2D eigenvalue weighted by molar-refractivity contribution is -0.381. The summed E-state index contributed by atoms with van der Waals surface area (Å²) >= 11 is 0. The first-order chi connectivity index (χ1) is 15.6. The fourth-order valence-corrected chi connectivity index (χ4v) is 3.07. The fraction of sp³-hybridized carbons (Fsp3) is 0.667. The standard InChI is InChI=1S/C18H14F12O5/c19-13(31,15(21,22)17(25,26)27)8-1-2-10(12(7-35-12)6-33-4-9-5-34-9)11(3-8)14(20,32)16(23,24)18(28,29)30/h1-3,9,31-32H,4-7H2. The minimum Gasteiger partial charge on any atom is -0.375 e. The fourth-order valence-electron chi connectivity index (χ4n) is 3.07.